The number of hydrogen-bond donors (Lipinski definition) is 1. The Morgan fingerprint density at radius 1 is 1.21 bits per heavy atom. The Morgan fingerprint density at radius 2 is 1.82 bits per heavy atom. The summed E-state index contributed by atoms with van der Waals surface area (Å²) in [6, 6.07) is 13.1. The Labute approximate surface area is 169 Å². The zero-order valence-corrected chi connectivity index (χ0v) is 17.0. The van der Waals surface area contributed by atoms with Crippen LogP contribution in [0.3, 0.4) is 0 Å². The van der Waals surface area contributed by atoms with E-state index in [4.69, 9.17) is 16.3 Å². The van der Waals surface area contributed by atoms with Gasteiger partial charge in [0.2, 0.25) is 0 Å². The van der Waals surface area contributed by atoms with Crippen molar-refractivity contribution in [3.05, 3.63) is 70.5 Å². The van der Waals surface area contributed by atoms with Crippen LogP contribution in [-0.2, 0) is 10.3 Å². The molecule has 2 aromatic rings. The largest absolute Gasteiger partial charge is 0.438 e. The van der Waals surface area contributed by atoms with Gasteiger partial charge in [0.25, 0.3) is 0 Å². The van der Waals surface area contributed by atoms with Crippen LogP contribution in [0, 0.1) is 5.82 Å². The number of benzene rings is 2. The van der Waals surface area contributed by atoms with Gasteiger partial charge >= 0.3 is 6.09 Å². The van der Waals surface area contributed by atoms with Crippen LogP contribution in [0.25, 0.3) is 0 Å². The molecule has 1 aliphatic heterocycles. The van der Waals surface area contributed by atoms with Crippen molar-refractivity contribution in [3.63, 3.8) is 0 Å². The number of rotatable bonds is 5. The normalized spacial score (nSPS) is 21.4. The summed E-state index contributed by atoms with van der Waals surface area (Å²) in [5.41, 5.74) is -0.418. The van der Waals surface area contributed by atoms with E-state index in [1.807, 2.05) is 19.1 Å². The highest BCUT2D eigenvalue weighted by atomic mass is 35.5. The number of aliphatic hydroxyl groups is 1. The molecule has 1 saturated heterocycles. The van der Waals surface area contributed by atoms with Gasteiger partial charge in [0, 0.05) is 24.4 Å². The molecule has 0 saturated carbocycles. The lowest BCUT2D eigenvalue weighted by atomic mass is 9.80. The lowest BCUT2D eigenvalue weighted by molar-refractivity contribution is -0.101. The Bertz CT molecular complexity index is 832. The number of cyclic esters (lactones) is 1. The van der Waals surface area contributed by atoms with Crippen molar-refractivity contribution in [2.24, 2.45) is 0 Å². The lowest BCUT2D eigenvalue weighted by Crippen LogP contribution is -2.51. The van der Waals surface area contributed by atoms with Crippen LogP contribution in [0.2, 0.25) is 5.02 Å². The molecule has 3 rings (SSSR count). The highest BCUT2D eigenvalue weighted by Crippen LogP contribution is 2.42. The fourth-order valence-corrected chi connectivity index (χ4v) is 3.95. The molecule has 0 aromatic heterocycles. The summed E-state index contributed by atoms with van der Waals surface area (Å²) >= 11 is 5.95. The first-order valence-electron chi connectivity index (χ1n) is 9.33. The van der Waals surface area contributed by atoms with Crippen LogP contribution in [0.15, 0.2) is 48.5 Å². The molecule has 0 aliphatic carbocycles. The maximum Gasteiger partial charge on any atom is 0.411 e. The molecule has 0 unspecified atom stereocenters. The molecule has 4 nitrogen and oxygen atoms in total. The SMILES string of the molecule is C[C@@H](c1ccc(Cl)cc1)N1CC[C@](CC(C)(C)O)(c2ccc(F)cc2)OC1=O. The van der Waals surface area contributed by atoms with Crippen molar-refractivity contribution < 1.29 is 19.0 Å². The van der Waals surface area contributed by atoms with Gasteiger partial charge in [-0.25, -0.2) is 9.18 Å². The summed E-state index contributed by atoms with van der Waals surface area (Å²) in [5, 5.41) is 11.1. The monoisotopic (exact) mass is 405 g/mol. The lowest BCUT2D eigenvalue weighted by Gasteiger charge is -2.45. The highest BCUT2D eigenvalue weighted by Gasteiger charge is 2.46. The maximum absolute atomic E-state index is 13.4. The number of carbonyl (C=O) groups excluding carboxylic acids is 1. The van der Waals surface area contributed by atoms with Crippen LogP contribution >= 0.6 is 11.6 Å². The zero-order chi connectivity index (χ0) is 20.5. The average molecular weight is 406 g/mol. The molecule has 150 valence electrons. The smallest absolute Gasteiger partial charge is 0.411 e. The third-order valence-electron chi connectivity index (χ3n) is 5.18. The van der Waals surface area contributed by atoms with Gasteiger partial charge in [-0.05, 0) is 56.2 Å². The summed E-state index contributed by atoms with van der Waals surface area (Å²) in [7, 11) is 0. The number of halogens is 2. The minimum absolute atomic E-state index is 0.182. The molecule has 1 fully saturated rings. The second-order valence-electron chi connectivity index (χ2n) is 8.03. The fraction of sp³-hybridized carbons (Fsp3) is 0.409. The molecule has 2 atom stereocenters. The summed E-state index contributed by atoms with van der Waals surface area (Å²) in [6.07, 6.45) is 0.259. The van der Waals surface area contributed by atoms with E-state index >= 15 is 0 Å². The van der Waals surface area contributed by atoms with Gasteiger partial charge in [-0.2, -0.15) is 0 Å². The molecule has 0 bridgehead atoms. The third kappa shape index (κ3) is 4.47. The molecule has 0 spiro atoms. The van der Waals surface area contributed by atoms with Gasteiger partial charge in [0.1, 0.15) is 11.4 Å². The molecular weight excluding hydrogens is 381 g/mol. The predicted molar refractivity (Wildman–Crippen MR) is 107 cm³/mol. The van der Waals surface area contributed by atoms with E-state index in [-0.39, 0.29) is 18.3 Å². The fourth-order valence-electron chi connectivity index (χ4n) is 3.82. The van der Waals surface area contributed by atoms with E-state index in [1.165, 1.54) is 12.1 Å². The first kappa shape index (κ1) is 20.6. The standard InChI is InChI=1S/C22H25ClFNO3/c1-15(16-4-8-18(23)9-5-16)25-13-12-22(28-20(25)26,14-21(2,3)27)17-6-10-19(24)11-7-17/h4-11,15,27H,12-14H2,1-3H3/t15-,22-/m0/s1. The van der Waals surface area contributed by atoms with E-state index in [0.717, 1.165) is 5.56 Å². The molecule has 1 amide bonds. The highest BCUT2D eigenvalue weighted by molar-refractivity contribution is 6.30. The Hall–Kier alpha value is -2.11. The average Bonchev–Trinajstić information content (AvgIpc) is 2.61. The quantitative estimate of drug-likeness (QED) is 0.720. The van der Waals surface area contributed by atoms with Crippen molar-refractivity contribution in [1.29, 1.82) is 0 Å². The van der Waals surface area contributed by atoms with E-state index in [9.17, 15) is 14.3 Å². The van der Waals surface area contributed by atoms with Gasteiger partial charge in [-0.3, -0.25) is 0 Å². The Balaban J connectivity index is 1.87. The first-order chi connectivity index (χ1) is 13.1. The summed E-state index contributed by atoms with van der Waals surface area (Å²) in [6.45, 7) is 5.74. The third-order valence-corrected chi connectivity index (χ3v) is 5.43. The second-order valence-corrected chi connectivity index (χ2v) is 8.47. The van der Waals surface area contributed by atoms with Gasteiger partial charge in [-0.15, -0.1) is 0 Å². The van der Waals surface area contributed by atoms with Crippen molar-refractivity contribution in [2.75, 3.05) is 6.54 Å². The minimum atomic E-state index is -1.06. The van der Waals surface area contributed by atoms with Gasteiger partial charge in [0.05, 0.1) is 11.6 Å². The number of nitrogens with zero attached hydrogens (tertiary/aromatic N) is 1. The summed E-state index contributed by atoms with van der Waals surface area (Å²) < 4.78 is 19.3. The maximum atomic E-state index is 13.4. The summed E-state index contributed by atoms with van der Waals surface area (Å²) in [5.74, 6) is -0.359. The molecule has 1 heterocycles. The number of carbonyl (C=O) groups is 1. The molecule has 1 N–H and O–H groups in total. The van der Waals surface area contributed by atoms with E-state index in [1.54, 1.807) is 43.0 Å². The number of amides is 1. The predicted octanol–water partition coefficient (Wildman–Crippen LogP) is 5.44. The van der Waals surface area contributed by atoms with Crippen molar-refractivity contribution in [1.82, 2.24) is 4.90 Å². The Kier molecular flexibility index (Phi) is 5.69. The molecular formula is C22H25ClFNO3. The van der Waals surface area contributed by atoms with Gasteiger partial charge in [0.15, 0.2) is 0 Å². The van der Waals surface area contributed by atoms with Crippen LogP contribution in [0.4, 0.5) is 9.18 Å². The van der Waals surface area contributed by atoms with Crippen LogP contribution in [-0.4, -0.2) is 28.2 Å². The molecule has 6 heteroatoms. The number of ether oxygens (including phenoxy) is 1. The van der Waals surface area contributed by atoms with Crippen LogP contribution in [0.5, 0.6) is 0 Å². The van der Waals surface area contributed by atoms with Crippen LogP contribution < -0.4 is 0 Å². The summed E-state index contributed by atoms with van der Waals surface area (Å²) in [4.78, 5) is 14.6. The zero-order valence-electron chi connectivity index (χ0n) is 16.3. The van der Waals surface area contributed by atoms with Crippen molar-refractivity contribution in [3.8, 4) is 0 Å². The van der Waals surface area contributed by atoms with Crippen molar-refractivity contribution >= 4 is 17.7 Å². The van der Waals surface area contributed by atoms with Crippen molar-refractivity contribution in [2.45, 2.75) is 50.9 Å². The van der Waals surface area contributed by atoms with E-state index in [0.29, 0.717) is 23.6 Å². The minimum Gasteiger partial charge on any atom is -0.438 e. The van der Waals surface area contributed by atoms with Gasteiger partial charge in [-0.1, -0.05) is 35.9 Å². The van der Waals surface area contributed by atoms with E-state index < -0.39 is 17.3 Å². The Morgan fingerprint density at radius 3 is 2.36 bits per heavy atom. The molecule has 0 radical (unpaired) electrons. The first-order valence-corrected chi connectivity index (χ1v) is 9.71. The molecule has 28 heavy (non-hydrogen) atoms. The van der Waals surface area contributed by atoms with Gasteiger partial charge < -0.3 is 14.7 Å². The topological polar surface area (TPSA) is 49.8 Å². The molecule has 1 aliphatic rings. The molecule has 2 aromatic carbocycles. The second kappa shape index (κ2) is 7.72. The van der Waals surface area contributed by atoms with E-state index in [2.05, 4.69) is 0 Å². The van der Waals surface area contributed by atoms with Crippen LogP contribution in [0.1, 0.15) is 50.8 Å². The number of hydrogen-bond acceptors (Lipinski definition) is 3.